The largest absolute Gasteiger partial charge is 0.310 e. The van der Waals surface area contributed by atoms with Gasteiger partial charge in [-0.05, 0) is 103 Å². The van der Waals surface area contributed by atoms with Crippen LogP contribution in [0.3, 0.4) is 0 Å². The summed E-state index contributed by atoms with van der Waals surface area (Å²) in [6.45, 7) is 4.13. The number of para-hydroxylation sites is 1. The molecule has 0 atom stereocenters. The molecule has 0 unspecified atom stereocenters. The highest BCUT2D eigenvalue weighted by Gasteiger charge is 2.46. The molecule has 1 heteroatoms. The molecule has 2 aliphatic carbocycles. The smallest absolute Gasteiger partial charge is 0.0714 e. The van der Waals surface area contributed by atoms with Crippen molar-refractivity contribution in [2.75, 3.05) is 4.90 Å². The fourth-order valence-electron chi connectivity index (χ4n) is 9.58. The molecular formula is C58H43N. The molecule has 9 aromatic rings. The summed E-state index contributed by atoms with van der Waals surface area (Å²) in [6, 6.07) is 38.3. The quantitative estimate of drug-likeness (QED) is 0.156. The highest BCUT2D eigenvalue weighted by molar-refractivity contribution is 5.93. The van der Waals surface area contributed by atoms with E-state index in [2.05, 4.69) is 19.9 Å². The maximum Gasteiger partial charge on any atom is 0.0714 e. The van der Waals surface area contributed by atoms with Crippen LogP contribution in [-0.4, -0.2) is 0 Å². The summed E-state index contributed by atoms with van der Waals surface area (Å²) >= 11 is 0. The van der Waals surface area contributed by atoms with E-state index in [0.717, 1.165) is 55.6 Å². The van der Waals surface area contributed by atoms with Crippen molar-refractivity contribution in [2.45, 2.75) is 24.7 Å². The van der Waals surface area contributed by atoms with Crippen LogP contribution in [0.2, 0.25) is 0 Å². The van der Waals surface area contributed by atoms with Gasteiger partial charge in [-0.1, -0.05) is 208 Å². The summed E-state index contributed by atoms with van der Waals surface area (Å²) in [5, 5.41) is 0. The molecule has 0 heterocycles. The van der Waals surface area contributed by atoms with Gasteiger partial charge in [-0.3, -0.25) is 0 Å². The Kier molecular flexibility index (Phi) is 5.55. The molecule has 0 bridgehead atoms. The number of anilines is 3. The lowest BCUT2D eigenvalue weighted by Gasteiger charge is -2.35. The minimum absolute atomic E-state index is 0.0313. The van der Waals surface area contributed by atoms with E-state index in [1.54, 1.807) is 12.1 Å². The highest BCUT2D eigenvalue weighted by atomic mass is 15.1. The van der Waals surface area contributed by atoms with E-state index in [1.807, 2.05) is 127 Å². The average molecular weight is 767 g/mol. The van der Waals surface area contributed by atoms with Gasteiger partial charge < -0.3 is 4.90 Å². The monoisotopic (exact) mass is 766 g/mol. The number of benzene rings is 9. The summed E-state index contributed by atoms with van der Waals surface area (Å²) in [4.78, 5) is 1.26. The molecular weight excluding hydrogens is 711 g/mol. The molecule has 0 radical (unpaired) electrons. The van der Waals surface area contributed by atoms with Gasteiger partial charge in [0, 0.05) is 22.4 Å². The fraction of sp³-hybridized carbons (Fsp3) is 0.0690. The zero-order valence-electron chi connectivity index (χ0n) is 45.3. The zero-order valence-corrected chi connectivity index (χ0v) is 32.3. The van der Waals surface area contributed by atoms with Crippen LogP contribution in [0.4, 0.5) is 17.1 Å². The van der Waals surface area contributed by atoms with E-state index in [0.29, 0.717) is 5.56 Å². The molecule has 0 aliphatic heterocycles. The molecule has 0 N–H and O–H groups in total. The van der Waals surface area contributed by atoms with E-state index in [-0.39, 0.29) is 16.9 Å². The van der Waals surface area contributed by atoms with Crippen molar-refractivity contribution in [3.8, 4) is 44.5 Å². The third kappa shape index (κ3) is 5.31. The second-order valence-corrected chi connectivity index (χ2v) is 15.4. The normalized spacial score (nSPS) is 16.9. The summed E-state index contributed by atoms with van der Waals surface area (Å²) in [6.07, 6.45) is 0. The Morgan fingerprint density at radius 2 is 0.932 bits per heavy atom. The van der Waals surface area contributed by atoms with Crippen molar-refractivity contribution in [2.24, 2.45) is 0 Å². The van der Waals surface area contributed by atoms with Gasteiger partial charge in [0.15, 0.2) is 0 Å². The third-order valence-corrected chi connectivity index (χ3v) is 12.0. The van der Waals surface area contributed by atoms with Crippen LogP contribution < -0.4 is 4.90 Å². The topological polar surface area (TPSA) is 3.24 Å². The predicted octanol–water partition coefficient (Wildman–Crippen LogP) is 15.2. The molecule has 0 spiro atoms. The van der Waals surface area contributed by atoms with Crippen molar-refractivity contribution in [1.29, 1.82) is 0 Å². The van der Waals surface area contributed by atoms with Crippen LogP contribution in [0.5, 0.6) is 0 Å². The van der Waals surface area contributed by atoms with Crippen LogP contribution >= 0.6 is 0 Å². The van der Waals surface area contributed by atoms with Crippen LogP contribution in [0, 0.1) is 0 Å². The number of hydrogen-bond donors (Lipinski definition) is 0. The molecule has 0 saturated carbocycles. The Labute approximate surface area is 365 Å². The van der Waals surface area contributed by atoms with E-state index < -0.39 is 106 Å². The zero-order chi connectivity index (χ0) is 50.9. The first-order chi connectivity index (χ1) is 34.5. The van der Waals surface area contributed by atoms with Gasteiger partial charge >= 0.3 is 0 Å². The minimum Gasteiger partial charge on any atom is -0.310 e. The fourth-order valence-corrected chi connectivity index (χ4v) is 9.58. The molecule has 0 amide bonds. The van der Waals surface area contributed by atoms with Crippen LogP contribution in [-0.2, 0) is 10.8 Å². The molecule has 0 aromatic heterocycles. The van der Waals surface area contributed by atoms with Crippen molar-refractivity contribution in [3.05, 3.63) is 258 Å². The highest BCUT2D eigenvalue weighted by Crippen LogP contribution is 2.58. The molecule has 0 saturated heterocycles. The van der Waals surface area contributed by atoms with Crippen molar-refractivity contribution < 1.29 is 17.8 Å². The number of nitrogens with zero attached hydrogens (tertiary/aromatic N) is 1. The van der Waals surface area contributed by atoms with Gasteiger partial charge in [0.05, 0.1) is 28.9 Å². The lowest BCUT2D eigenvalue weighted by Crippen LogP contribution is -2.28. The number of rotatable bonds is 7. The molecule has 9 aromatic carbocycles. The van der Waals surface area contributed by atoms with Crippen molar-refractivity contribution >= 4 is 17.1 Å². The lowest BCUT2D eigenvalue weighted by atomic mass is 9.67. The van der Waals surface area contributed by atoms with E-state index in [9.17, 15) is 8.22 Å². The number of hydrogen-bond acceptors (Lipinski definition) is 1. The van der Waals surface area contributed by atoms with Gasteiger partial charge in [0.1, 0.15) is 0 Å². The first kappa shape index (κ1) is 23.9. The maximum absolute atomic E-state index is 10.1. The minimum atomic E-state index is -1.00. The van der Waals surface area contributed by atoms with Gasteiger partial charge in [0.2, 0.25) is 0 Å². The Morgan fingerprint density at radius 3 is 1.64 bits per heavy atom. The summed E-state index contributed by atoms with van der Waals surface area (Å²) in [5.41, 5.74) is 6.27. The molecule has 1 nitrogen and oxygen atoms in total. The molecule has 0 fully saturated rings. The predicted molar refractivity (Wildman–Crippen MR) is 247 cm³/mol. The Balaban J connectivity index is 1.28. The van der Waals surface area contributed by atoms with Crippen molar-refractivity contribution in [3.63, 3.8) is 0 Å². The Hall–Kier alpha value is -7.22. The number of fused-ring (bicyclic) bond motifs is 6. The summed E-state index contributed by atoms with van der Waals surface area (Å²) in [7, 11) is 0. The average Bonchev–Trinajstić information content (AvgIpc) is 3.83. The van der Waals surface area contributed by atoms with Crippen LogP contribution in [0.15, 0.2) is 224 Å². The third-order valence-electron chi connectivity index (χ3n) is 12.0. The van der Waals surface area contributed by atoms with E-state index in [1.165, 1.54) is 4.90 Å². The summed E-state index contributed by atoms with van der Waals surface area (Å²) in [5.74, 6) is 0. The van der Waals surface area contributed by atoms with Gasteiger partial charge in [-0.15, -0.1) is 0 Å². The first-order valence-electron chi connectivity index (χ1n) is 26.1. The lowest BCUT2D eigenvalue weighted by molar-refractivity contribution is 0.662. The van der Waals surface area contributed by atoms with E-state index in [4.69, 9.17) is 9.60 Å². The molecule has 280 valence electrons. The molecule has 2 aliphatic rings. The second kappa shape index (κ2) is 13.7. The standard InChI is InChI=1S/C58H43N/c1-57(2)52-30-15-12-27-49(52)51-29-18-28-47(56(51)57)41-33-35-44(36-34-41)59(55-32-17-14-25-46(55)40-19-6-3-7-20-40)45-37-38-50-48-26-13-16-31-53(48)58(54(50)39-45,42-21-8-4-9-22-42)43-23-10-5-11-24-43/h3-39H,1-2H3/i3D,6D,7D,14D,17D,19D,20D,25D,32D,33D,34D,35D,36D. The van der Waals surface area contributed by atoms with Crippen molar-refractivity contribution in [1.82, 2.24) is 0 Å². The molecule has 59 heavy (non-hydrogen) atoms. The first-order valence-corrected chi connectivity index (χ1v) is 19.6. The Bertz CT molecular complexity index is 3680. The van der Waals surface area contributed by atoms with Gasteiger partial charge in [-0.25, -0.2) is 0 Å². The summed E-state index contributed by atoms with van der Waals surface area (Å²) < 4.78 is 122. The van der Waals surface area contributed by atoms with Gasteiger partial charge in [-0.2, -0.15) is 0 Å². The van der Waals surface area contributed by atoms with E-state index >= 15 is 0 Å². The SMILES string of the molecule is [2H]c1c([2H])c([2H])c(-c2c([2H])c([2H])c([2H])c([2H])c2N(c2ccc3c(c2)C(c2ccccc2)(c2ccccc2)c2ccccc2-3)c2c([2H])c([2H])c(-c3cccc4c3C(C)(C)c3ccccc3-4)c([2H])c2[2H])c([2H])c1[2H]. The maximum atomic E-state index is 10.1. The van der Waals surface area contributed by atoms with Gasteiger partial charge in [0.25, 0.3) is 0 Å². The molecule has 11 rings (SSSR count). The van der Waals surface area contributed by atoms with Crippen LogP contribution in [0.1, 0.15) is 65.0 Å². The second-order valence-electron chi connectivity index (χ2n) is 15.4. The Morgan fingerprint density at radius 1 is 0.390 bits per heavy atom. The van der Waals surface area contributed by atoms with Crippen LogP contribution in [0.25, 0.3) is 44.5 Å².